The normalized spacial score (nSPS) is 14.5. The average Bonchev–Trinajstić information content (AvgIpc) is 2.63. The third-order valence-electron chi connectivity index (χ3n) is 3.58. The van der Waals surface area contributed by atoms with Crippen molar-refractivity contribution >= 4 is 7.26 Å². The summed E-state index contributed by atoms with van der Waals surface area (Å²) in [6, 6.07) is 17.8. The van der Waals surface area contributed by atoms with Gasteiger partial charge in [-0.1, -0.05) is 48.5 Å². The molecule has 3 rings (SSSR count). The zero-order valence-corrected chi connectivity index (χ0v) is 11.5. The Bertz CT molecular complexity index is 518. The lowest BCUT2D eigenvalue weighted by atomic mass is 10.1. The Morgan fingerprint density at radius 3 is 1.53 bits per heavy atom. The second-order valence-corrected chi connectivity index (χ2v) is 10.4. The quantitative estimate of drug-likeness (QED) is 0.637. The van der Waals surface area contributed by atoms with Crippen LogP contribution in [0.2, 0.25) is 0 Å². The molecule has 0 fully saturated rings. The summed E-state index contributed by atoms with van der Waals surface area (Å²) >= 11 is 0. The number of fused-ring (bicyclic) bond motifs is 3. The van der Waals surface area contributed by atoms with Crippen LogP contribution in [-0.4, -0.2) is 20.0 Å². The third-order valence-corrected chi connectivity index (χ3v) is 5.68. The molecule has 0 spiro atoms. The van der Waals surface area contributed by atoms with E-state index in [1.54, 1.807) is 0 Å². The molecule has 0 unspecified atom stereocenters. The molecule has 0 atom stereocenters. The molecule has 0 amide bonds. The minimum absolute atomic E-state index is 0.634. The van der Waals surface area contributed by atoms with Crippen molar-refractivity contribution in [1.82, 2.24) is 0 Å². The first-order valence-electron chi connectivity index (χ1n) is 6.08. The number of benzene rings is 2. The van der Waals surface area contributed by atoms with E-state index in [1.807, 2.05) is 0 Å². The molecule has 0 aliphatic heterocycles. The number of hydrogen-bond donors (Lipinski definition) is 0. The largest absolute Gasteiger partial charge is 0.120 e. The fraction of sp³-hybridized carbons (Fsp3) is 0.250. The molecule has 86 valence electrons. The van der Waals surface area contributed by atoms with E-state index in [-0.39, 0.29) is 0 Å². The summed E-state index contributed by atoms with van der Waals surface area (Å²) in [5.41, 5.74) is 6.60. The number of hydrogen-bond acceptors (Lipinski definition) is 0. The molecule has 0 radical (unpaired) electrons. The molecule has 2 aromatic rings. The highest BCUT2D eigenvalue weighted by Gasteiger charge is 2.41. The maximum absolute atomic E-state index is 2.44. The standard InChI is InChI=1S/C16H18P/c1-17(2,3)16-14-10-6-4-8-12(14)13-9-5-7-11-15(13)16/h4-11,16H,1-3H3/q+1. The summed E-state index contributed by atoms with van der Waals surface area (Å²) in [5, 5.41) is 0. The van der Waals surface area contributed by atoms with Crippen LogP contribution >= 0.6 is 7.26 Å². The molecular formula is C16H18P+. The topological polar surface area (TPSA) is 0 Å². The maximum Gasteiger partial charge on any atom is 0.120 e. The first kappa shape index (κ1) is 11.0. The Morgan fingerprint density at radius 2 is 1.12 bits per heavy atom. The van der Waals surface area contributed by atoms with Gasteiger partial charge in [-0.25, -0.2) is 0 Å². The monoisotopic (exact) mass is 241 g/mol. The first-order chi connectivity index (χ1) is 8.09. The molecule has 0 saturated carbocycles. The van der Waals surface area contributed by atoms with E-state index in [4.69, 9.17) is 0 Å². The summed E-state index contributed by atoms with van der Waals surface area (Å²) in [5.74, 6) is 0. The van der Waals surface area contributed by atoms with Crippen molar-refractivity contribution in [3.8, 4) is 11.1 Å². The Hall–Kier alpha value is -1.13. The molecule has 17 heavy (non-hydrogen) atoms. The van der Waals surface area contributed by atoms with Gasteiger partial charge in [0.05, 0.1) is 0 Å². The lowest BCUT2D eigenvalue weighted by Crippen LogP contribution is -2.01. The minimum atomic E-state index is -0.928. The van der Waals surface area contributed by atoms with E-state index in [9.17, 15) is 0 Å². The van der Waals surface area contributed by atoms with Crippen LogP contribution in [0.25, 0.3) is 11.1 Å². The van der Waals surface area contributed by atoms with Gasteiger partial charge in [0.1, 0.15) is 5.66 Å². The molecule has 0 saturated heterocycles. The molecule has 1 aliphatic carbocycles. The highest BCUT2D eigenvalue weighted by molar-refractivity contribution is 7.74. The summed E-state index contributed by atoms with van der Waals surface area (Å²) < 4.78 is 0. The lowest BCUT2D eigenvalue weighted by Gasteiger charge is -2.22. The van der Waals surface area contributed by atoms with Gasteiger partial charge in [0, 0.05) is 38.4 Å². The lowest BCUT2D eigenvalue weighted by molar-refractivity contribution is 1.18. The van der Waals surface area contributed by atoms with E-state index in [0.29, 0.717) is 5.66 Å². The molecule has 0 nitrogen and oxygen atoms in total. The van der Waals surface area contributed by atoms with Crippen molar-refractivity contribution in [1.29, 1.82) is 0 Å². The molecule has 2 aromatic carbocycles. The highest BCUT2D eigenvalue weighted by Crippen LogP contribution is 2.68. The highest BCUT2D eigenvalue weighted by atomic mass is 31.2. The second kappa shape index (κ2) is 3.68. The smallest absolute Gasteiger partial charge is 0.0618 e. The molecule has 0 aromatic heterocycles. The molecule has 0 bridgehead atoms. The van der Waals surface area contributed by atoms with E-state index in [0.717, 1.165) is 0 Å². The van der Waals surface area contributed by atoms with Gasteiger partial charge in [-0.3, -0.25) is 0 Å². The van der Waals surface area contributed by atoms with Crippen LogP contribution in [0.4, 0.5) is 0 Å². The van der Waals surface area contributed by atoms with Crippen molar-refractivity contribution in [2.75, 3.05) is 20.0 Å². The van der Waals surface area contributed by atoms with Crippen LogP contribution < -0.4 is 0 Å². The maximum atomic E-state index is 2.44. The summed E-state index contributed by atoms with van der Waals surface area (Å²) in [4.78, 5) is 0. The van der Waals surface area contributed by atoms with Gasteiger partial charge in [0.2, 0.25) is 0 Å². The Kier molecular flexibility index (Phi) is 2.38. The van der Waals surface area contributed by atoms with Gasteiger partial charge in [0.15, 0.2) is 0 Å². The summed E-state index contributed by atoms with van der Waals surface area (Å²) in [7, 11) is -0.928. The van der Waals surface area contributed by atoms with E-state index < -0.39 is 7.26 Å². The zero-order chi connectivity index (χ0) is 12.0. The predicted molar refractivity (Wildman–Crippen MR) is 78.4 cm³/mol. The molecule has 1 aliphatic rings. The van der Waals surface area contributed by atoms with Crippen molar-refractivity contribution in [3.63, 3.8) is 0 Å². The molecule has 0 N–H and O–H groups in total. The van der Waals surface area contributed by atoms with Crippen LogP contribution in [0.15, 0.2) is 48.5 Å². The SMILES string of the molecule is C[P+](C)(C)C1c2ccccc2-c2ccccc21. The van der Waals surface area contributed by atoms with Crippen LogP contribution in [0, 0.1) is 0 Å². The average molecular weight is 241 g/mol. The Balaban J connectivity index is 2.31. The van der Waals surface area contributed by atoms with E-state index in [2.05, 4.69) is 68.5 Å². The Labute approximate surface area is 104 Å². The van der Waals surface area contributed by atoms with Crippen LogP contribution in [0.3, 0.4) is 0 Å². The molecule has 0 heterocycles. The second-order valence-electron chi connectivity index (χ2n) is 5.69. The molecular weight excluding hydrogens is 223 g/mol. The Morgan fingerprint density at radius 1 is 0.706 bits per heavy atom. The zero-order valence-electron chi connectivity index (χ0n) is 10.6. The summed E-state index contributed by atoms with van der Waals surface area (Å²) in [6.07, 6.45) is 0. The van der Waals surface area contributed by atoms with Crippen molar-refractivity contribution in [2.24, 2.45) is 0 Å². The number of rotatable bonds is 1. The van der Waals surface area contributed by atoms with Gasteiger partial charge in [-0.05, 0) is 11.1 Å². The van der Waals surface area contributed by atoms with Crippen LogP contribution in [-0.2, 0) is 0 Å². The van der Waals surface area contributed by atoms with Gasteiger partial charge < -0.3 is 0 Å². The fourth-order valence-electron chi connectivity index (χ4n) is 2.96. The predicted octanol–water partition coefficient (Wildman–Crippen LogP) is 4.66. The summed E-state index contributed by atoms with van der Waals surface area (Å²) in [6.45, 7) is 7.32. The van der Waals surface area contributed by atoms with Crippen molar-refractivity contribution < 1.29 is 0 Å². The van der Waals surface area contributed by atoms with Gasteiger partial charge in [-0.2, -0.15) is 0 Å². The third kappa shape index (κ3) is 1.63. The van der Waals surface area contributed by atoms with Crippen LogP contribution in [0.1, 0.15) is 16.8 Å². The van der Waals surface area contributed by atoms with E-state index >= 15 is 0 Å². The van der Waals surface area contributed by atoms with Gasteiger partial charge in [0.25, 0.3) is 0 Å². The minimum Gasteiger partial charge on any atom is -0.0618 e. The van der Waals surface area contributed by atoms with E-state index in [1.165, 1.54) is 22.3 Å². The van der Waals surface area contributed by atoms with Crippen molar-refractivity contribution in [2.45, 2.75) is 5.66 Å². The van der Waals surface area contributed by atoms with Crippen LogP contribution in [0.5, 0.6) is 0 Å². The van der Waals surface area contributed by atoms with Gasteiger partial charge in [-0.15, -0.1) is 0 Å². The fourth-order valence-corrected chi connectivity index (χ4v) is 5.08. The molecule has 1 heteroatoms. The van der Waals surface area contributed by atoms with Gasteiger partial charge >= 0.3 is 0 Å². The first-order valence-corrected chi connectivity index (χ1v) is 9.28. The van der Waals surface area contributed by atoms with Crippen molar-refractivity contribution in [3.05, 3.63) is 59.7 Å².